The third kappa shape index (κ3) is 3.05. The standard InChI is InChI=1S/C16H16F2N4O2/c1-9(23)14-13(19)15(11-3-2-10(17)8-12(11)18)21-16(20-14)22-4-6-24-7-5-22/h2-3,8H,4-7,19H2,1H3. The van der Waals surface area contributed by atoms with Crippen LogP contribution >= 0.6 is 0 Å². The molecule has 24 heavy (non-hydrogen) atoms. The first kappa shape index (κ1) is 16.3. The molecule has 0 aliphatic carbocycles. The molecule has 0 atom stereocenters. The van der Waals surface area contributed by atoms with E-state index >= 15 is 0 Å². The number of nitrogen functional groups attached to an aromatic ring is 1. The zero-order chi connectivity index (χ0) is 17.3. The summed E-state index contributed by atoms with van der Waals surface area (Å²) in [7, 11) is 0. The van der Waals surface area contributed by atoms with E-state index in [-0.39, 0.29) is 34.4 Å². The smallest absolute Gasteiger partial charge is 0.226 e. The molecule has 6 nitrogen and oxygen atoms in total. The highest BCUT2D eigenvalue weighted by Gasteiger charge is 2.22. The van der Waals surface area contributed by atoms with Gasteiger partial charge in [-0.05, 0) is 12.1 Å². The first-order chi connectivity index (χ1) is 11.5. The zero-order valence-corrected chi connectivity index (χ0v) is 13.1. The fourth-order valence-corrected chi connectivity index (χ4v) is 2.52. The van der Waals surface area contributed by atoms with Crippen molar-refractivity contribution in [2.24, 2.45) is 0 Å². The number of rotatable bonds is 3. The van der Waals surface area contributed by atoms with E-state index in [0.717, 1.165) is 12.1 Å². The molecule has 1 fully saturated rings. The molecule has 1 aliphatic rings. The van der Waals surface area contributed by atoms with Gasteiger partial charge in [-0.3, -0.25) is 4.79 Å². The van der Waals surface area contributed by atoms with Gasteiger partial charge in [-0.1, -0.05) is 0 Å². The number of hydrogen-bond acceptors (Lipinski definition) is 6. The van der Waals surface area contributed by atoms with E-state index in [1.54, 1.807) is 0 Å². The quantitative estimate of drug-likeness (QED) is 0.865. The Balaban J connectivity index is 2.16. The summed E-state index contributed by atoms with van der Waals surface area (Å²) in [5.41, 5.74) is 6.07. The van der Waals surface area contributed by atoms with Crippen LogP contribution in [0.1, 0.15) is 17.4 Å². The van der Waals surface area contributed by atoms with Crippen LogP contribution in [0.15, 0.2) is 18.2 Å². The third-order valence-electron chi connectivity index (χ3n) is 3.75. The predicted molar refractivity (Wildman–Crippen MR) is 84.8 cm³/mol. The molecule has 0 spiro atoms. The SMILES string of the molecule is CC(=O)c1nc(N2CCOCC2)nc(-c2ccc(F)cc2F)c1N. The van der Waals surface area contributed by atoms with E-state index in [1.807, 2.05) is 4.90 Å². The van der Waals surface area contributed by atoms with Gasteiger partial charge < -0.3 is 15.4 Å². The van der Waals surface area contributed by atoms with Crippen molar-refractivity contribution in [3.63, 3.8) is 0 Å². The van der Waals surface area contributed by atoms with Crippen molar-refractivity contribution in [2.75, 3.05) is 36.9 Å². The van der Waals surface area contributed by atoms with Gasteiger partial charge in [0.05, 0.1) is 18.9 Å². The Morgan fingerprint density at radius 3 is 2.58 bits per heavy atom. The lowest BCUT2D eigenvalue weighted by Gasteiger charge is -2.27. The van der Waals surface area contributed by atoms with E-state index in [0.29, 0.717) is 26.3 Å². The van der Waals surface area contributed by atoms with Crippen LogP contribution in [0, 0.1) is 11.6 Å². The highest BCUT2D eigenvalue weighted by atomic mass is 19.1. The summed E-state index contributed by atoms with van der Waals surface area (Å²) in [6, 6.07) is 3.11. The Morgan fingerprint density at radius 2 is 1.96 bits per heavy atom. The number of benzene rings is 1. The molecule has 0 unspecified atom stereocenters. The molecule has 2 N–H and O–H groups in total. The minimum absolute atomic E-state index is 0.0187. The number of hydrogen-bond donors (Lipinski definition) is 1. The van der Waals surface area contributed by atoms with Gasteiger partial charge in [0.25, 0.3) is 0 Å². The third-order valence-corrected chi connectivity index (χ3v) is 3.75. The molecule has 126 valence electrons. The maximum absolute atomic E-state index is 14.1. The van der Waals surface area contributed by atoms with E-state index in [2.05, 4.69) is 9.97 Å². The van der Waals surface area contributed by atoms with Gasteiger partial charge in [0, 0.05) is 31.6 Å². The molecular formula is C16H16F2N4O2. The number of nitrogens with zero attached hydrogens (tertiary/aromatic N) is 3. The van der Waals surface area contributed by atoms with Gasteiger partial charge in [-0.25, -0.2) is 18.7 Å². The van der Waals surface area contributed by atoms with Crippen LogP contribution in [0.5, 0.6) is 0 Å². The number of nitrogens with two attached hydrogens (primary N) is 1. The van der Waals surface area contributed by atoms with Crippen molar-refractivity contribution >= 4 is 17.4 Å². The van der Waals surface area contributed by atoms with E-state index < -0.39 is 11.6 Å². The van der Waals surface area contributed by atoms with Crippen molar-refractivity contribution in [3.8, 4) is 11.3 Å². The van der Waals surface area contributed by atoms with Crippen LogP contribution < -0.4 is 10.6 Å². The maximum Gasteiger partial charge on any atom is 0.226 e. The van der Waals surface area contributed by atoms with Crippen LogP contribution in [0.25, 0.3) is 11.3 Å². The molecule has 1 saturated heterocycles. The van der Waals surface area contributed by atoms with Gasteiger partial charge in [0.15, 0.2) is 5.78 Å². The number of Topliss-reactive ketones (excluding diaryl/α,β-unsaturated/α-hetero) is 1. The molecule has 1 aliphatic heterocycles. The molecule has 2 aromatic rings. The van der Waals surface area contributed by atoms with Crippen LogP contribution in [0.4, 0.5) is 20.4 Å². The summed E-state index contributed by atoms with van der Waals surface area (Å²) < 4.78 is 32.6. The summed E-state index contributed by atoms with van der Waals surface area (Å²) in [5.74, 6) is -1.59. The van der Waals surface area contributed by atoms with Gasteiger partial charge in [0.1, 0.15) is 23.0 Å². The Hall–Kier alpha value is -2.61. The number of ether oxygens (including phenoxy) is 1. The minimum atomic E-state index is -0.803. The van der Waals surface area contributed by atoms with E-state index in [4.69, 9.17) is 10.5 Å². The van der Waals surface area contributed by atoms with Crippen LogP contribution in [-0.4, -0.2) is 42.1 Å². The molecule has 2 heterocycles. The first-order valence-electron chi connectivity index (χ1n) is 7.44. The lowest BCUT2D eigenvalue weighted by molar-refractivity contribution is 0.101. The average molecular weight is 334 g/mol. The number of carbonyl (C=O) groups is 1. The predicted octanol–water partition coefficient (Wildman–Crippen LogP) is 2.04. The van der Waals surface area contributed by atoms with Crippen LogP contribution in [0.2, 0.25) is 0 Å². The molecule has 1 aromatic heterocycles. The van der Waals surface area contributed by atoms with Crippen molar-refractivity contribution in [2.45, 2.75) is 6.92 Å². The monoisotopic (exact) mass is 334 g/mol. The van der Waals surface area contributed by atoms with Crippen molar-refractivity contribution in [3.05, 3.63) is 35.5 Å². The number of anilines is 2. The molecule has 0 bridgehead atoms. The Labute approximate surface area is 137 Å². The lowest BCUT2D eigenvalue weighted by atomic mass is 10.1. The number of aromatic nitrogens is 2. The van der Waals surface area contributed by atoms with E-state index in [1.165, 1.54) is 13.0 Å². The van der Waals surface area contributed by atoms with Gasteiger partial charge in [0.2, 0.25) is 5.95 Å². The van der Waals surface area contributed by atoms with Gasteiger partial charge >= 0.3 is 0 Å². The molecule has 0 saturated carbocycles. The highest BCUT2D eigenvalue weighted by molar-refractivity contribution is 6.00. The second-order valence-electron chi connectivity index (χ2n) is 5.41. The van der Waals surface area contributed by atoms with Crippen LogP contribution in [-0.2, 0) is 4.74 Å². The van der Waals surface area contributed by atoms with Crippen LogP contribution in [0.3, 0.4) is 0 Å². The molecule has 0 amide bonds. The molecule has 1 aromatic carbocycles. The first-order valence-corrected chi connectivity index (χ1v) is 7.44. The molecule has 8 heteroatoms. The minimum Gasteiger partial charge on any atom is -0.395 e. The largest absolute Gasteiger partial charge is 0.395 e. The fraction of sp³-hybridized carbons (Fsp3) is 0.312. The Kier molecular flexibility index (Phi) is 4.39. The number of halogens is 2. The second kappa shape index (κ2) is 6.48. The van der Waals surface area contributed by atoms with Crippen molar-refractivity contribution < 1.29 is 18.3 Å². The summed E-state index contributed by atoms with van der Waals surface area (Å²) in [6.07, 6.45) is 0. The highest BCUT2D eigenvalue weighted by Crippen LogP contribution is 2.31. The van der Waals surface area contributed by atoms with Crippen molar-refractivity contribution in [1.29, 1.82) is 0 Å². The topological polar surface area (TPSA) is 81.3 Å². The molecule has 3 rings (SSSR count). The van der Waals surface area contributed by atoms with E-state index in [9.17, 15) is 13.6 Å². The zero-order valence-electron chi connectivity index (χ0n) is 13.1. The Bertz CT molecular complexity index is 792. The second-order valence-corrected chi connectivity index (χ2v) is 5.41. The normalized spacial score (nSPS) is 14.7. The summed E-state index contributed by atoms with van der Waals surface area (Å²) in [4.78, 5) is 22.2. The molecule has 0 radical (unpaired) electrons. The van der Waals surface area contributed by atoms with Gasteiger partial charge in [-0.15, -0.1) is 0 Å². The summed E-state index contributed by atoms with van der Waals surface area (Å²) in [6.45, 7) is 3.43. The number of morpholine rings is 1. The average Bonchev–Trinajstić information content (AvgIpc) is 2.56. The van der Waals surface area contributed by atoms with Crippen molar-refractivity contribution in [1.82, 2.24) is 9.97 Å². The van der Waals surface area contributed by atoms with Gasteiger partial charge in [-0.2, -0.15) is 0 Å². The molecular weight excluding hydrogens is 318 g/mol. The summed E-state index contributed by atoms with van der Waals surface area (Å²) in [5, 5.41) is 0. The fourth-order valence-electron chi connectivity index (χ4n) is 2.52. The summed E-state index contributed by atoms with van der Waals surface area (Å²) >= 11 is 0. The Morgan fingerprint density at radius 1 is 1.25 bits per heavy atom. The number of carbonyl (C=O) groups excluding carboxylic acids is 1. The number of ketones is 1. The lowest BCUT2D eigenvalue weighted by Crippen LogP contribution is -2.37. The maximum atomic E-state index is 14.1.